The molecule has 0 aliphatic carbocycles. The van der Waals surface area contributed by atoms with Crippen LogP contribution in [-0.4, -0.2) is 106 Å². The molecule has 5 atom stereocenters. The van der Waals surface area contributed by atoms with Crippen LogP contribution < -0.4 is 0 Å². The highest BCUT2D eigenvalue weighted by Crippen LogP contribution is 2.23. The van der Waals surface area contributed by atoms with Crippen molar-refractivity contribution in [1.82, 2.24) is 0 Å². The Morgan fingerprint density at radius 1 is 0.840 bits per heavy atom. The Balaban J connectivity index is 2.10. The molecule has 0 saturated carbocycles. The van der Waals surface area contributed by atoms with Gasteiger partial charge in [-0.3, -0.25) is 0 Å². The summed E-state index contributed by atoms with van der Waals surface area (Å²) in [6.45, 7) is 4.88. The smallest absolute Gasteiger partial charge is 0.186 e. The third kappa shape index (κ3) is 8.25. The molecular formula is C16H32O9. The van der Waals surface area contributed by atoms with Gasteiger partial charge >= 0.3 is 0 Å². The van der Waals surface area contributed by atoms with Crippen molar-refractivity contribution in [3.63, 3.8) is 0 Å². The van der Waals surface area contributed by atoms with Crippen LogP contribution in [0.15, 0.2) is 0 Å². The predicted octanol–water partition coefficient (Wildman–Crippen LogP) is -1.08. The van der Waals surface area contributed by atoms with Gasteiger partial charge in [-0.15, -0.1) is 0 Å². The van der Waals surface area contributed by atoms with E-state index >= 15 is 0 Å². The lowest BCUT2D eigenvalue weighted by Gasteiger charge is -2.41. The van der Waals surface area contributed by atoms with Crippen LogP contribution in [0, 0.1) is 0 Å². The topological polar surface area (TPSA) is 116 Å². The van der Waals surface area contributed by atoms with Crippen LogP contribution in [0.5, 0.6) is 0 Å². The molecule has 0 unspecified atom stereocenters. The van der Waals surface area contributed by atoms with E-state index in [-0.39, 0.29) is 13.2 Å². The summed E-state index contributed by atoms with van der Waals surface area (Å²) in [5, 5.41) is 29.3. The van der Waals surface area contributed by atoms with Crippen LogP contribution in [0.1, 0.15) is 13.3 Å². The zero-order valence-corrected chi connectivity index (χ0v) is 15.0. The van der Waals surface area contributed by atoms with Crippen LogP contribution in [0.4, 0.5) is 0 Å². The van der Waals surface area contributed by atoms with Gasteiger partial charge in [-0.1, -0.05) is 6.92 Å². The van der Waals surface area contributed by atoms with Crippen molar-refractivity contribution in [1.29, 1.82) is 0 Å². The molecule has 0 aromatic rings. The van der Waals surface area contributed by atoms with E-state index in [4.69, 9.17) is 28.4 Å². The Morgan fingerprint density at radius 2 is 1.40 bits per heavy atom. The molecule has 1 aliphatic heterocycles. The van der Waals surface area contributed by atoms with E-state index in [1.54, 1.807) is 0 Å². The third-order valence-electron chi connectivity index (χ3n) is 3.68. The Bertz CT molecular complexity index is 316. The standard InChI is InChI=1S/C16H32O9/c1-3-4-21-5-6-22-7-8-23-9-10-24-15-12(11-17)25-16(20-2)14(19)13(15)18/h12-19H,3-11H2,1-2H3/t12-,13-,14+,15-,16+/m0/s1. The van der Waals surface area contributed by atoms with Gasteiger partial charge < -0.3 is 43.7 Å². The number of aliphatic hydroxyl groups excluding tert-OH is 3. The zero-order valence-electron chi connectivity index (χ0n) is 15.0. The monoisotopic (exact) mass is 368 g/mol. The molecule has 1 aliphatic rings. The quantitative estimate of drug-likeness (QED) is 0.329. The first-order chi connectivity index (χ1) is 12.2. The highest BCUT2D eigenvalue weighted by molar-refractivity contribution is 4.90. The SMILES string of the molecule is CCCOCCOCCOCCO[C@@H]1[C@@H](O)[C@@H](O)[C@H](OC)O[C@H]1CO. The highest BCUT2D eigenvalue weighted by atomic mass is 16.7. The van der Waals surface area contributed by atoms with Crippen molar-refractivity contribution < 1.29 is 43.7 Å². The lowest BCUT2D eigenvalue weighted by Crippen LogP contribution is -2.60. The normalized spacial score (nSPS) is 29.9. The van der Waals surface area contributed by atoms with E-state index in [0.717, 1.165) is 13.0 Å². The Hall–Kier alpha value is -0.360. The van der Waals surface area contributed by atoms with Gasteiger partial charge in [0.15, 0.2) is 6.29 Å². The van der Waals surface area contributed by atoms with Crippen molar-refractivity contribution in [3.05, 3.63) is 0 Å². The summed E-state index contributed by atoms with van der Waals surface area (Å²) >= 11 is 0. The lowest BCUT2D eigenvalue weighted by molar-refractivity contribution is -0.302. The largest absolute Gasteiger partial charge is 0.394 e. The number of methoxy groups -OCH3 is 1. The summed E-state index contributed by atoms with van der Waals surface area (Å²) in [6, 6.07) is 0. The molecule has 0 amide bonds. The lowest BCUT2D eigenvalue weighted by atomic mass is 9.99. The number of rotatable bonds is 14. The second-order valence-electron chi connectivity index (χ2n) is 5.61. The highest BCUT2D eigenvalue weighted by Gasteiger charge is 2.45. The van der Waals surface area contributed by atoms with E-state index in [9.17, 15) is 15.3 Å². The van der Waals surface area contributed by atoms with Gasteiger partial charge in [0.1, 0.15) is 24.4 Å². The van der Waals surface area contributed by atoms with Gasteiger partial charge in [0.25, 0.3) is 0 Å². The van der Waals surface area contributed by atoms with Gasteiger partial charge in [-0.05, 0) is 6.42 Å². The summed E-state index contributed by atoms with van der Waals surface area (Å²) in [5.41, 5.74) is 0. The average molecular weight is 368 g/mol. The fraction of sp³-hybridized carbons (Fsp3) is 1.00. The van der Waals surface area contributed by atoms with E-state index in [1.165, 1.54) is 7.11 Å². The first-order valence-corrected chi connectivity index (χ1v) is 8.65. The van der Waals surface area contributed by atoms with Gasteiger partial charge in [0, 0.05) is 13.7 Å². The van der Waals surface area contributed by atoms with Crippen LogP contribution in [0.3, 0.4) is 0 Å². The van der Waals surface area contributed by atoms with Crippen LogP contribution in [0.25, 0.3) is 0 Å². The average Bonchev–Trinajstić information content (AvgIpc) is 2.63. The molecular weight excluding hydrogens is 336 g/mol. The minimum Gasteiger partial charge on any atom is -0.394 e. The van der Waals surface area contributed by atoms with Crippen molar-refractivity contribution in [2.75, 3.05) is 60.0 Å². The fourth-order valence-corrected chi connectivity index (χ4v) is 2.38. The van der Waals surface area contributed by atoms with E-state index in [1.807, 2.05) is 0 Å². The summed E-state index contributed by atoms with van der Waals surface area (Å²) in [4.78, 5) is 0. The van der Waals surface area contributed by atoms with Gasteiger partial charge in [0.05, 0.1) is 46.2 Å². The van der Waals surface area contributed by atoms with E-state index in [2.05, 4.69) is 6.92 Å². The van der Waals surface area contributed by atoms with Crippen molar-refractivity contribution >= 4 is 0 Å². The predicted molar refractivity (Wildman–Crippen MR) is 87.3 cm³/mol. The van der Waals surface area contributed by atoms with Crippen LogP contribution in [0.2, 0.25) is 0 Å². The molecule has 25 heavy (non-hydrogen) atoms. The second kappa shape index (κ2) is 13.8. The second-order valence-corrected chi connectivity index (χ2v) is 5.61. The van der Waals surface area contributed by atoms with E-state index in [0.29, 0.717) is 33.0 Å². The van der Waals surface area contributed by atoms with Gasteiger partial charge in [-0.2, -0.15) is 0 Å². The number of ether oxygens (including phenoxy) is 6. The molecule has 9 heteroatoms. The Labute approximate surface area is 148 Å². The summed E-state index contributed by atoms with van der Waals surface area (Å²) < 4.78 is 31.7. The zero-order chi connectivity index (χ0) is 18.5. The minimum atomic E-state index is -1.25. The molecule has 1 heterocycles. The third-order valence-corrected chi connectivity index (χ3v) is 3.68. The molecule has 0 bridgehead atoms. The molecule has 1 fully saturated rings. The molecule has 3 N–H and O–H groups in total. The molecule has 0 aromatic heterocycles. The minimum absolute atomic E-state index is 0.186. The number of aliphatic hydroxyl groups is 3. The van der Waals surface area contributed by atoms with E-state index < -0.39 is 30.7 Å². The maximum atomic E-state index is 10.1. The number of hydrogen-bond acceptors (Lipinski definition) is 9. The molecule has 0 aromatic carbocycles. The number of hydrogen-bond donors (Lipinski definition) is 3. The Morgan fingerprint density at radius 3 is 1.92 bits per heavy atom. The fourth-order valence-electron chi connectivity index (χ4n) is 2.38. The van der Waals surface area contributed by atoms with Gasteiger partial charge in [0.2, 0.25) is 0 Å². The molecule has 1 saturated heterocycles. The maximum absolute atomic E-state index is 10.1. The molecule has 1 rings (SSSR count). The summed E-state index contributed by atoms with van der Waals surface area (Å²) in [5.74, 6) is 0. The van der Waals surface area contributed by atoms with Crippen molar-refractivity contribution in [2.24, 2.45) is 0 Å². The summed E-state index contributed by atoms with van der Waals surface area (Å²) in [7, 11) is 1.35. The Kier molecular flexibility index (Phi) is 12.5. The van der Waals surface area contributed by atoms with Crippen molar-refractivity contribution in [3.8, 4) is 0 Å². The van der Waals surface area contributed by atoms with Gasteiger partial charge in [-0.25, -0.2) is 0 Å². The first kappa shape index (κ1) is 22.7. The molecule has 0 radical (unpaired) electrons. The maximum Gasteiger partial charge on any atom is 0.186 e. The van der Waals surface area contributed by atoms with Crippen molar-refractivity contribution in [2.45, 2.75) is 44.1 Å². The molecule has 0 spiro atoms. The molecule has 150 valence electrons. The molecule has 9 nitrogen and oxygen atoms in total. The van der Waals surface area contributed by atoms with Crippen LogP contribution >= 0.6 is 0 Å². The summed E-state index contributed by atoms with van der Waals surface area (Å²) in [6.07, 6.45) is -4.12. The van der Waals surface area contributed by atoms with Crippen LogP contribution in [-0.2, 0) is 28.4 Å². The first-order valence-electron chi connectivity index (χ1n) is 8.65.